The van der Waals surface area contributed by atoms with Gasteiger partial charge in [-0.3, -0.25) is 5.73 Å². The second kappa shape index (κ2) is 6.09. The lowest BCUT2D eigenvalue weighted by Crippen LogP contribution is -2.91. The first-order valence-corrected chi connectivity index (χ1v) is 9.11. The maximum absolute atomic E-state index is 10.4. The minimum atomic E-state index is -1.45. The van der Waals surface area contributed by atoms with Crippen LogP contribution in [0.4, 0.5) is 0 Å². The number of ether oxygens (including phenoxy) is 2. The second-order valence-corrected chi connectivity index (χ2v) is 6.77. The summed E-state index contributed by atoms with van der Waals surface area (Å²) in [4.78, 5) is 3.04. The zero-order valence-corrected chi connectivity index (χ0v) is 15.5. The summed E-state index contributed by atoms with van der Waals surface area (Å²) in [6, 6.07) is 14.5. The normalized spacial score (nSPS) is 33.7. The van der Waals surface area contributed by atoms with Crippen molar-refractivity contribution in [2.75, 3.05) is 13.2 Å². The van der Waals surface area contributed by atoms with E-state index in [1.54, 1.807) is 0 Å². The molecular weight excluding hydrogens is 328 g/mol. The molecule has 0 radical (unpaired) electrons. The molecule has 6 nitrogen and oxygen atoms in total. The Labute approximate surface area is 154 Å². The summed E-state index contributed by atoms with van der Waals surface area (Å²) in [5.41, 5.74) is 4.02. The predicted molar refractivity (Wildman–Crippen MR) is 95.3 cm³/mol. The fourth-order valence-corrected chi connectivity index (χ4v) is 5.23. The van der Waals surface area contributed by atoms with E-state index in [0.29, 0.717) is 19.6 Å². The van der Waals surface area contributed by atoms with E-state index in [1.807, 2.05) is 51.1 Å². The van der Waals surface area contributed by atoms with Gasteiger partial charge >= 0.3 is 5.91 Å². The Kier molecular flexibility index (Phi) is 4.30. The summed E-state index contributed by atoms with van der Waals surface area (Å²) >= 11 is 0. The van der Waals surface area contributed by atoms with Crippen LogP contribution in [0, 0.1) is 33.5 Å². The number of amidine groups is 1. The van der Waals surface area contributed by atoms with Crippen molar-refractivity contribution in [1.82, 2.24) is 0 Å². The van der Waals surface area contributed by atoms with E-state index >= 15 is 0 Å². The Morgan fingerprint density at radius 1 is 1.04 bits per heavy atom. The van der Waals surface area contributed by atoms with Crippen LogP contribution in [0.25, 0.3) is 0 Å². The summed E-state index contributed by atoms with van der Waals surface area (Å²) in [5, 5.41) is 20.7. The number of nitriles is 2. The highest BCUT2D eigenvalue weighted by atomic mass is 16.7. The van der Waals surface area contributed by atoms with Crippen molar-refractivity contribution < 1.29 is 14.5 Å². The molecule has 0 saturated heterocycles. The Morgan fingerprint density at radius 2 is 1.65 bits per heavy atom. The molecule has 1 heterocycles. The van der Waals surface area contributed by atoms with E-state index in [-0.39, 0.29) is 5.84 Å². The fraction of sp³-hybridized carbons (Fsp3) is 0.550. The molecule has 0 aromatic heterocycles. The molecule has 0 bridgehead atoms. The number of nitrogens with one attached hydrogen (secondary N) is 1. The summed E-state index contributed by atoms with van der Waals surface area (Å²) in [6.07, 6.45) is 1.42. The van der Waals surface area contributed by atoms with Gasteiger partial charge in [-0.2, -0.15) is 10.5 Å². The number of hydrogen-bond donors (Lipinski definition) is 2. The van der Waals surface area contributed by atoms with E-state index in [9.17, 15) is 10.5 Å². The van der Waals surface area contributed by atoms with Crippen LogP contribution in [-0.4, -0.2) is 25.0 Å². The number of hydrogen-bond acceptors (Lipinski definition) is 5. The van der Waals surface area contributed by atoms with Gasteiger partial charge in [0.1, 0.15) is 0 Å². The standard InChI is InChI=1S/C20H24N4O2/c1-4-12-17(15-10-8-7-9-11-15)18(13-21)16(23)24-20(25-5-2,26-6-3)19(17,18)14-22/h7-11H,4-6,12H2,1-3H3,(H2,23,24)/p+1/t17-,18+,19-/m1/s1. The average molecular weight is 353 g/mol. The lowest BCUT2D eigenvalue weighted by molar-refractivity contribution is -0.694. The predicted octanol–water partition coefficient (Wildman–Crippen LogP) is 0.936. The monoisotopic (exact) mass is 353 g/mol. The molecule has 0 spiro atoms. The number of rotatable bonds is 7. The molecule has 1 aliphatic heterocycles. The minimum absolute atomic E-state index is 0.251. The molecule has 26 heavy (non-hydrogen) atoms. The Bertz CT molecular complexity index is 803. The summed E-state index contributed by atoms with van der Waals surface area (Å²) < 4.78 is 12.0. The topological polar surface area (TPSA) is 106 Å². The maximum atomic E-state index is 10.4. The Morgan fingerprint density at radius 3 is 2.12 bits per heavy atom. The highest BCUT2D eigenvalue weighted by Crippen LogP contribution is 2.83. The molecule has 6 heteroatoms. The van der Waals surface area contributed by atoms with Gasteiger partial charge in [0.15, 0.2) is 10.8 Å². The quantitative estimate of drug-likeness (QED) is 0.710. The van der Waals surface area contributed by atoms with E-state index in [2.05, 4.69) is 17.1 Å². The van der Waals surface area contributed by atoms with Crippen molar-refractivity contribution in [2.24, 2.45) is 16.6 Å². The molecule has 1 aliphatic carbocycles. The van der Waals surface area contributed by atoms with Gasteiger partial charge in [0.05, 0.1) is 30.8 Å². The minimum Gasteiger partial charge on any atom is -0.314 e. The van der Waals surface area contributed by atoms with Gasteiger partial charge in [-0.05, 0) is 25.8 Å². The van der Waals surface area contributed by atoms with Crippen molar-refractivity contribution in [3.63, 3.8) is 0 Å². The molecule has 1 fully saturated rings. The number of benzene rings is 1. The van der Waals surface area contributed by atoms with Gasteiger partial charge in [-0.15, -0.1) is 0 Å². The first-order chi connectivity index (χ1) is 12.5. The van der Waals surface area contributed by atoms with Crippen LogP contribution in [0.3, 0.4) is 0 Å². The van der Waals surface area contributed by atoms with Crippen LogP contribution >= 0.6 is 0 Å². The summed E-state index contributed by atoms with van der Waals surface area (Å²) in [6.45, 7) is 6.36. The second-order valence-electron chi connectivity index (χ2n) is 6.77. The van der Waals surface area contributed by atoms with Gasteiger partial charge in [0, 0.05) is 0 Å². The average Bonchev–Trinajstić information content (AvgIpc) is 3.13. The molecule has 136 valence electrons. The smallest absolute Gasteiger partial charge is 0.314 e. The van der Waals surface area contributed by atoms with Crippen LogP contribution < -0.4 is 10.7 Å². The van der Waals surface area contributed by atoms with Crippen molar-refractivity contribution in [2.45, 2.75) is 44.9 Å². The molecule has 1 saturated carbocycles. The summed E-state index contributed by atoms with van der Waals surface area (Å²) in [5.74, 6) is -1.20. The molecule has 1 aromatic rings. The highest BCUT2D eigenvalue weighted by Gasteiger charge is 3.04. The van der Waals surface area contributed by atoms with Crippen molar-refractivity contribution in [1.29, 1.82) is 10.5 Å². The third kappa shape index (κ3) is 1.65. The van der Waals surface area contributed by atoms with Gasteiger partial charge in [0.25, 0.3) is 5.84 Å². The highest BCUT2D eigenvalue weighted by molar-refractivity contribution is 5.97. The van der Waals surface area contributed by atoms with Crippen LogP contribution in [-0.2, 0) is 14.9 Å². The first kappa shape index (κ1) is 18.4. The number of fused-ring (bicyclic) bond motifs is 1. The third-order valence-corrected chi connectivity index (χ3v) is 5.90. The van der Waals surface area contributed by atoms with E-state index in [1.165, 1.54) is 0 Å². The van der Waals surface area contributed by atoms with E-state index in [4.69, 9.17) is 15.2 Å². The first-order valence-electron chi connectivity index (χ1n) is 9.11. The molecular formula is C20H25N4O2+. The zero-order chi connectivity index (χ0) is 19.1. The molecule has 3 atom stereocenters. The van der Waals surface area contributed by atoms with Gasteiger partial charge < -0.3 is 9.47 Å². The van der Waals surface area contributed by atoms with E-state index < -0.39 is 22.2 Å². The molecule has 2 aliphatic rings. The lowest BCUT2D eigenvalue weighted by atomic mass is 9.79. The SMILES string of the molecule is CCC[C@@]1(c2ccccc2)[C@]2(C#N)C(N)=[NH+]C(OCC)(OCC)[C@@]21C#N. The molecule has 3 N–H and O–H groups in total. The Balaban J connectivity index is 2.36. The summed E-state index contributed by atoms with van der Waals surface area (Å²) in [7, 11) is 0. The fourth-order valence-electron chi connectivity index (χ4n) is 5.23. The number of nitrogens with two attached hydrogens (primary N) is 1. The van der Waals surface area contributed by atoms with Gasteiger partial charge in [-0.1, -0.05) is 43.7 Å². The van der Waals surface area contributed by atoms with Gasteiger partial charge in [0.2, 0.25) is 0 Å². The Hall–Kier alpha value is -2.41. The van der Waals surface area contributed by atoms with E-state index in [0.717, 1.165) is 12.0 Å². The third-order valence-electron chi connectivity index (χ3n) is 5.90. The number of nitrogens with zero attached hydrogens (tertiary/aromatic N) is 2. The van der Waals surface area contributed by atoms with Gasteiger partial charge in [-0.25, -0.2) is 4.99 Å². The van der Waals surface area contributed by atoms with Crippen LogP contribution in [0.15, 0.2) is 30.3 Å². The van der Waals surface area contributed by atoms with Crippen LogP contribution in [0.5, 0.6) is 0 Å². The van der Waals surface area contributed by atoms with Crippen molar-refractivity contribution >= 4 is 5.84 Å². The molecule has 0 amide bonds. The zero-order valence-electron chi connectivity index (χ0n) is 15.5. The molecule has 0 unspecified atom stereocenters. The van der Waals surface area contributed by atoms with Crippen LogP contribution in [0.1, 0.15) is 39.2 Å². The largest absolute Gasteiger partial charge is 0.343 e. The van der Waals surface area contributed by atoms with Crippen molar-refractivity contribution in [3.8, 4) is 12.1 Å². The van der Waals surface area contributed by atoms with Crippen molar-refractivity contribution in [3.05, 3.63) is 35.9 Å². The molecule has 1 aromatic carbocycles. The maximum Gasteiger partial charge on any atom is 0.343 e. The lowest BCUT2D eigenvalue weighted by Gasteiger charge is -2.33. The van der Waals surface area contributed by atoms with Crippen LogP contribution in [0.2, 0.25) is 0 Å². The molecule has 3 rings (SSSR count).